The fourth-order valence-corrected chi connectivity index (χ4v) is 1.17. The smallest absolute Gasteiger partial charge is 0.406 e. The minimum absolute atomic E-state index is 0.111. The van der Waals surface area contributed by atoms with Gasteiger partial charge in [-0.25, -0.2) is 0 Å². The summed E-state index contributed by atoms with van der Waals surface area (Å²) >= 11 is 0. The van der Waals surface area contributed by atoms with Gasteiger partial charge >= 0.3 is 6.18 Å². The molecule has 100 valence electrons. The monoisotopic (exact) mass is 255 g/mol. The zero-order valence-electron chi connectivity index (χ0n) is 9.88. The zero-order chi connectivity index (χ0) is 13.9. The Morgan fingerprint density at radius 1 is 1.41 bits per heavy atom. The van der Waals surface area contributed by atoms with Crippen LogP contribution in [0.2, 0.25) is 0 Å². The van der Waals surface area contributed by atoms with Gasteiger partial charge in [0.2, 0.25) is 5.91 Å². The number of hydrogen-bond acceptors (Lipinski definition) is 3. The molecule has 1 amide bonds. The van der Waals surface area contributed by atoms with E-state index >= 15 is 0 Å². The van der Waals surface area contributed by atoms with E-state index in [0.29, 0.717) is 4.90 Å². The molecular formula is C9H16F3N3O2. The van der Waals surface area contributed by atoms with Crippen molar-refractivity contribution >= 4 is 11.7 Å². The summed E-state index contributed by atoms with van der Waals surface area (Å²) in [4.78, 5) is 12.4. The van der Waals surface area contributed by atoms with E-state index in [4.69, 9.17) is 10.9 Å². The molecule has 0 bridgehead atoms. The van der Waals surface area contributed by atoms with E-state index in [1.807, 2.05) is 0 Å². The van der Waals surface area contributed by atoms with Gasteiger partial charge in [0.1, 0.15) is 12.0 Å². The molecule has 17 heavy (non-hydrogen) atoms. The van der Waals surface area contributed by atoms with Gasteiger partial charge in [0, 0.05) is 6.54 Å². The van der Waals surface area contributed by atoms with Crippen LogP contribution >= 0.6 is 0 Å². The van der Waals surface area contributed by atoms with E-state index in [1.165, 1.54) is 20.8 Å². The Labute approximate surface area is 97.1 Å². The summed E-state index contributed by atoms with van der Waals surface area (Å²) in [6.45, 7) is 2.55. The van der Waals surface area contributed by atoms with E-state index in [0.717, 1.165) is 0 Å². The molecule has 0 aromatic carbocycles. The van der Waals surface area contributed by atoms with Gasteiger partial charge in [0.15, 0.2) is 5.84 Å². The first-order valence-corrected chi connectivity index (χ1v) is 4.90. The largest absolute Gasteiger partial charge is 0.409 e. The van der Waals surface area contributed by atoms with E-state index in [1.54, 1.807) is 0 Å². The summed E-state index contributed by atoms with van der Waals surface area (Å²) in [5, 5.41) is 11.1. The fourth-order valence-electron chi connectivity index (χ4n) is 1.17. The van der Waals surface area contributed by atoms with Crippen molar-refractivity contribution in [3.8, 4) is 0 Å². The number of nitrogens with zero attached hydrogens (tertiary/aromatic N) is 2. The number of oxime groups is 1. The maximum absolute atomic E-state index is 12.2. The van der Waals surface area contributed by atoms with Crippen LogP contribution < -0.4 is 5.73 Å². The van der Waals surface area contributed by atoms with Gasteiger partial charge < -0.3 is 15.8 Å². The molecule has 5 nitrogen and oxygen atoms in total. The van der Waals surface area contributed by atoms with Gasteiger partial charge in [0.25, 0.3) is 0 Å². The molecule has 0 aliphatic carbocycles. The Kier molecular flexibility index (Phi) is 4.79. The summed E-state index contributed by atoms with van der Waals surface area (Å²) in [6.07, 6.45) is -4.48. The Balaban J connectivity index is 5.00. The number of amidine groups is 1. The van der Waals surface area contributed by atoms with Crippen molar-refractivity contribution in [3.63, 3.8) is 0 Å². The van der Waals surface area contributed by atoms with Crippen LogP contribution in [0.5, 0.6) is 0 Å². The van der Waals surface area contributed by atoms with Crippen molar-refractivity contribution in [1.29, 1.82) is 0 Å². The number of rotatable bonds is 4. The van der Waals surface area contributed by atoms with Crippen LogP contribution in [0, 0.1) is 5.41 Å². The van der Waals surface area contributed by atoms with Crippen LogP contribution in [0.25, 0.3) is 0 Å². The zero-order valence-corrected chi connectivity index (χ0v) is 9.88. The number of hydrogen-bond donors (Lipinski definition) is 2. The maximum Gasteiger partial charge on any atom is 0.406 e. The standard InChI is InChI=1S/C9H16F3N3O2/c1-4-15(5-9(10,11)12)7(16)8(2,3)6(13)14-17/h17H,4-5H2,1-3H3,(H2,13,14). The van der Waals surface area contributed by atoms with Crippen LogP contribution in [0.15, 0.2) is 5.16 Å². The Morgan fingerprint density at radius 2 is 1.88 bits per heavy atom. The molecule has 0 fully saturated rings. The molecule has 0 saturated heterocycles. The topological polar surface area (TPSA) is 78.9 Å². The quantitative estimate of drug-likeness (QED) is 0.342. The Bertz CT molecular complexity index is 313. The third kappa shape index (κ3) is 4.12. The molecule has 8 heteroatoms. The van der Waals surface area contributed by atoms with Crippen molar-refractivity contribution in [2.24, 2.45) is 16.3 Å². The molecule has 0 aromatic rings. The molecule has 0 heterocycles. The van der Waals surface area contributed by atoms with Gasteiger partial charge in [0.05, 0.1) is 0 Å². The summed E-state index contributed by atoms with van der Waals surface area (Å²) < 4.78 is 36.7. The van der Waals surface area contributed by atoms with Gasteiger partial charge in [-0.3, -0.25) is 4.79 Å². The summed E-state index contributed by atoms with van der Waals surface area (Å²) in [5.41, 5.74) is 3.80. The third-order valence-electron chi connectivity index (χ3n) is 2.32. The number of halogens is 3. The number of carbonyl (C=O) groups is 1. The highest BCUT2D eigenvalue weighted by atomic mass is 19.4. The summed E-state index contributed by atoms with van der Waals surface area (Å²) in [6, 6.07) is 0. The molecular weight excluding hydrogens is 239 g/mol. The molecule has 0 radical (unpaired) electrons. The summed E-state index contributed by atoms with van der Waals surface area (Å²) in [5.74, 6) is -1.27. The molecule has 0 rings (SSSR count). The first-order valence-electron chi connectivity index (χ1n) is 4.90. The Hall–Kier alpha value is -1.47. The van der Waals surface area contributed by atoms with Crippen molar-refractivity contribution in [1.82, 2.24) is 4.90 Å². The number of nitrogens with two attached hydrogens (primary N) is 1. The van der Waals surface area contributed by atoms with Crippen LogP contribution in [0.3, 0.4) is 0 Å². The van der Waals surface area contributed by atoms with Crippen molar-refractivity contribution in [2.75, 3.05) is 13.1 Å². The number of carbonyl (C=O) groups excluding carboxylic acids is 1. The van der Waals surface area contributed by atoms with Gasteiger partial charge in [-0.15, -0.1) is 0 Å². The van der Waals surface area contributed by atoms with Crippen LogP contribution in [-0.2, 0) is 4.79 Å². The first-order chi connectivity index (χ1) is 7.56. The van der Waals surface area contributed by atoms with E-state index in [2.05, 4.69) is 5.16 Å². The predicted octanol–water partition coefficient (Wildman–Crippen LogP) is 1.17. The van der Waals surface area contributed by atoms with Gasteiger partial charge in [-0.2, -0.15) is 13.2 Å². The van der Waals surface area contributed by atoms with Gasteiger partial charge in [-0.05, 0) is 20.8 Å². The third-order valence-corrected chi connectivity index (χ3v) is 2.32. The SMILES string of the molecule is CCN(CC(F)(F)F)C(=O)C(C)(C)C(N)=NO. The van der Waals surface area contributed by atoms with Crippen molar-refractivity contribution in [2.45, 2.75) is 26.9 Å². The van der Waals surface area contributed by atoms with Gasteiger partial charge in [-0.1, -0.05) is 5.16 Å². The predicted molar refractivity (Wildman–Crippen MR) is 55.5 cm³/mol. The van der Waals surface area contributed by atoms with Crippen LogP contribution in [0.1, 0.15) is 20.8 Å². The van der Waals surface area contributed by atoms with Crippen LogP contribution in [-0.4, -0.2) is 41.1 Å². The average Bonchev–Trinajstić information content (AvgIpc) is 2.22. The highest BCUT2D eigenvalue weighted by Crippen LogP contribution is 2.23. The second kappa shape index (κ2) is 5.24. The molecule has 3 N–H and O–H groups in total. The van der Waals surface area contributed by atoms with Crippen molar-refractivity contribution < 1.29 is 23.2 Å². The van der Waals surface area contributed by atoms with E-state index in [9.17, 15) is 18.0 Å². The minimum atomic E-state index is -4.48. The number of alkyl halides is 3. The molecule has 0 unspecified atom stereocenters. The van der Waals surface area contributed by atoms with Crippen molar-refractivity contribution in [3.05, 3.63) is 0 Å². The number of amides is 1. The first kappa shape index (κ1) is 15.5. The molecule has 0 atom stereocenters. The lowest BCUT2D eigenvalue weighted by Crippen LogP contribution is -2.50. The lowest BCUT2D eigenvalue weighted by Gasteiger charge is -2.30. The average molecular weight is 255 g/mol. The molecule has 0 spiro atoms. The lowest BCUT2D eigenvalue weighted by atomic mass is 9.90. The van der Waals surface area contributed by atoms with E-state index in [-0.39, 0.29) is 6.54 Å². The maximum atomic E-state index is 12.2. The molecule has 0 saturated carbocycles. The minimum Gasteiger partial charge on any atom is -0.409 e. The highest BCUT2D eigenvalue weighted by molar-refractivity contribution is 6.05. The van der Waals surface area contributed by atoms with E-state index < -0.39 is 29.9 Å². The lowest BCUT2D eigenvalue weighted by molar-refractivity contribution is -0.164. The Morgan fingerprint density at radius 3 is 2.18 bits per heavy atom. The normalized spacial score (nSPS) is 13.6. The molecule has 0 aliphatic heterocycles. The highest BCUT2D eigenvalue weighted by Gasteiger charge is 2.40. The molecule has 0 aromatic heterocycles. The molecule has 0 aliphatic rings. The van der Waals surface area contributed by atoms with Crippen LogP contribution in [0.4, 0.5) is 13.2 Å². The summed E-state index contributed by atoms with van der Waals surface area (Å²) in [7, 11) is 0. The second-order valence-corrected chi connectivity index (χ2v) is 4.04. The fraction of sp³-hybridized carbons (Fsp3) is 0.778. The second-order valence-electron chi connectivity index (χ2n) is 4.04.